The number of aromatic nitrogens is 3. The van der Waals surface area contributed by atoms with Crippen molar-refractivity contribution < 1.29 is 0 Å². The Morgan fingerprint density at radius 2 is 0.825 bits per heavy atom. The standard InChI is InChI=1S/C60H39N3/c1-5-20-41(21-6-1)55-39-56(42-22-7-2-8-23-42)63-59(62-55)44-26-17-25-43(35-44)50-37-57(49-33-18-24-40-19-13-14-31-47(40)49)61-58-38-54-51(36-52(50)58)48-32-15-16-34-53(48)60(54,45-27-9-3-10-28-45)46-29-11-4-12-30-46/h1-39H. The van der Waals surface area contributed by atoms with Crippen LogP contribution in [0.3, 0.4) is 0 Å². The minimum absolute atomic E-state index is 0.544. The largest absolute Gasteiger partial charge is 0.248 e. The molecule has 0 amide bonds. The molecule has 2 heterocycles. The van der Waals surface area contributed by atoms with Gasteiger partial charge in [-0.1, -0.05) is 206 Å². The maximum absolute atomic E-state index is 5.62. The van der Waals surface area contributed by atoms with E-state index in [2.05, 4.69) is 224 Å². The lowest BCUT2D eigenvalue weighted by atomic mass is 9.67. The molecule has 0 radical (unpaired) electrons. The van der Waals surface area contributed by atoms with E-state index >= 15 is 0 Å². The van der Waals surface area contributed by atoms with Crippen LogP contribution in [-0.2, 0) is 5.41 Å². The molecule has 3 nitrogen and oxygen atoms in total. The molecule has 3 heteroatoms. The van der Waals surface area contributed by atoms with Crippen molar-refractivity contribution >= 4 is 21.7 Å². The maximum atomic E-state index is 5.62. The lowest BCUT2D eigenvalue weighted by Crippen LogP contribution is -2.28. The molecule has 11 aromatic rings. The van der Waals surface area contributed by atoms with Gasteiger partial charge in [0.1, 0.15) is 0 Å². The topological polar surface area (TPSA) is 38.7 Å². The van der Waals surface area contributed by atoms with Crippen LogP contribution in [0.4, 0.5) is 0 Å². The van der Waals surface area contributed by atoms with Crippen molar-refractivity contribution in [2.75, 3.05) is 0 Å². The molecule has 0 unspecified atom stereocenters. The van der Waals surface area contributed by atoms with Gasteiger partial charge in [-0.15, -0.1) is 0 Å². The molecule has 9 aromatic carbocycles. The Labute approximate surface area is 366 Å². The molecule has 1 aliphatic rings. The van der Waals surface area contributed by atoms with E-state index in [9.17, 15) is 0 Å². The molecule has 0 atom stereocenters. The van der Waals surface area contributed by atoms with E-state index < -0.39 is 5.41 Å². The summed E-state index contributed by atoms with van der Waals surface area (Å²) in [5.74, 6) is 0.676. The molecule has 2 aromatic heterocycles. The fourth-order valence-corrected chi connectivity index (χ4v) is 9.90. The summed E-state index contributed by atoms with van der Waals surface area (Å²) in [6, 6.07) is 84.6. The van der Waals surface area contributed by atoms with Crippen molar-refractivity contribution in [3.63, 3.8) is 0 Å². The van der Waals surface area contributed by atoms with E-state index in [0.29, 0.717) is 5.82 Å². The molecule has 0 saturated heterocycles. The first-order valence-corrected chi connectivity index (χ1v) is 21.5. The number of benzene rings is 9. The molecule has 294 valence electrons. The van der Waals surface area contributed by atoms with Crippen molar-refractivity contribution in [3.8, 4) is 67.4 Å². The second-order valence-electron chi connectivity index (χ2n) is 16.3. The maximum Gasteiger partial charge on any atom is 0.160 e. The summed E-state index contributed by atoms with van der Waals surface area (Å²) < 4.78 is 0. The van der Waals surface area contributed by atoms with Crippen LogP contribution in [-0.4, -0.2) is 15.0 Å². The molecule has 12 rings (SSSR count). The number of nitrogens with zero attached hydrogens (tertiary/aromatic N) is 3. The van der Waals surface area contributed by atoms with Gasteiger partial charge in [-0.05, 0) is 85.6 Å². The predicted octanol–water partition coefficient (Wildman–Crippen LogP) is 14.9. The van der Waals surface area contributed by atoms with Crippen LogP contribution in [0, 0.1) is 0 Å². The van der Waals surface area contributed by atoms with Gasteiger partial charge in [0.15, 0.2) is 5.82 Å². The fraction of sp³-hybridized carbons (Fsp3) is 0.0167. The average molecular weight is 802 g/mol. The summed E-state index contributed by atoms with van der Waals surface area (Å²) in [5, 5.41) is 3.44. The highest BCUT2D eigenvalue weighted by molar-refractivity contribution is 6.05. The number of hydrogen-bond acceptors (Lipinski definition) is 3. The first kappa shape index (κ1) is 36.6. The molecule has 63 heavy (non-hydrogen) atoms. The van der Waals surface area contributed by atoms with Crippen LogP contribution in [0.15, 0.2) is 237 Å². The Bertz CT molecular complexity index is 3390. The highest BCUT2D eigenvalue weighted by Crippen LogP contribution is 2.57. The summed E-state index contributed by atoms with van der Waals surface area (Å²) in [7, 11) is 0. The van der Waals surface area contributed by atoms with E-state index in [1.807, 2.05) is 12.1 Å². The predicted molar refractivity (Wildman–Crippen MR) is 259 cm³/mol. The Morgan fingerprint density at radius 3 is 1.52 bits per heavy atom. The first-order valence-electron chi connectivity index (χ1n) is 21.5. The average Bonchev–Trinajstić information content (AvgIpc) is 3.66. The normalized spacial score (nSPS) is 12.6. The van der Waals surface area contributed by atoms with Gasteiger partial charge in [-0.3, -0.25) is 0 Å². The van der Waals surface area contributed by atoms with Crippen molar-refractivity contribution in [3.05, 3.63) is 259 Å². The van der Waals surface area contributed by atoms with Gasteiger partial charge >= 0.3 is 0 Å². The summed E-state index contributed by atoms with van der Waals surface area (Å²) in [4.78, 5) is 16.1. The summed E-state index contributed by atoms with van der Waals surface area (Å²) in [6.07, 6.45) is 0. The highest BCUT2D eigenvalue weighted by atomic mass is 14.9. The third-order valence-corrected chi connectivity index (χ3v) is 12.7. The van der Waals surface area contributed by atoms with Crippen molar-refractivity contribution in [1.29, 1.82) is 0 Å². The van der Waals surface area contributed by atoms with Gasteiger partial charge in [-0.25, -0.2) is 15.0 Å². The molecular formula is C60H39N3. The van der Waals surface area contributed by atoms with Gasteiger partial charge in [0.25, 0.3) is 0 Å². The lowest BCUT2D eigenvalue weighted by molar-refractivity contribution is 0.769. The van der Waals surface area contributed by atoms with Gasteiger partial charge in [0.2, 0.25) is 0 Å². The molecule has 0 fully saturated rings. The molecule has 0 N–H and O–H groups in total. The zero-order chi connectivity index (χ0) is 41.7. The van der Waals surface area contributed by atoms with Gasteiger partial charge in [0, 0.05) is 27.6 Å². The molecular weight excluding hydrogens is 763 g/mol. The molecule has 1 aliphatic carbocycles. The SMILES string of the molecule is c1ccc(-c2cc(-c3ccccc3)nc(-c3cccc(-c4cc(-c5cccc6ccccc56)nc5cc6c(cc45)-c4ccccc4C6(c4ccccc4)c4ccccc4)c3)n2)cc1. The van der Waals surface area contributed by atoms with Crippen molar-refractivity contribution in [1.82, 2.24) is 15.0 Å². The highest BCUT2D eigenvalue weighted by Gasteiger charge is 2.46. The summed E-state index contributed by atoms with van der Waals surface area (Å²) >= 11 is 0. The molecule has 0 bridgehead atoms. The first-order chi connectivity index (χ1) is 31.2. The van der Waals surface area contributed by atoms with E-state index in [-0.39, 0.29) is 0 Å². The Hall–Kier alpha value is -8.27. The second kappa shape index (κ2) is 15.0. The zero-order valence-corrected chi connectivity index (χ0v) is 34.4. The monoisotopic (exact) mass is 801 g/mol. The van der Waals surface area contributed by atoms with Crippen molar-refractivity contribution in [2.45, 2.75) is 5.41 Å². The van der Waals surface area contributed by atoms with E-state index in [4.69, 9.17) is 15.0 Å². The third kappa shape index (κ3) is 6.08. The summed E-state index contributed by atoms with van der Waals surface area (Å²) in [5.41, 5.74) is 16.8. The Morgan fingerprint density at radius 1 is 0.286 bits per heavy atom. The molecule has 0 saturated carbocycles. The van der Waals surface area contributed by atoms with Gasteiger partial charge in [-0.2, -0.15) is 0 Å². The number of fused-ring (bicyclic) bond motifs is 5. The van der Waals surface area contributed by atoms with Gasteiger partial charge in [0.05, 0.1) is 28.0 Å². The molecule has 0 spiro atoms. The Balaban J connectivity index is 1.13. The van der Waals surface area contributed by atoms with Gasteiger partial charge < -0.3 is 0 Å². The number of pyridine rings is 1. The number of hydrogen-bond donors (Lipinski definition) is 0. The second-order valence-corrected chi connectivity index (χ2v) is 16.3. The quantitative estimate of drug-likeness (QED) is 0.161. The lowest BCUT2D eigenvalue weighted by Gasteiger charge is -2.34. The van der Waals surface area contributed by atoms with Crippen molar-refractivity contribution in [2.24, 2.45) is 0 Å². The Kier molecular flexibility index (Phi) is 8.72. The van der Waals surface area contributed by atoms with Crippen LogP contribution in [0.1, 0.15) is 22.3 Å². The minimum atomic E-state index is -0.544. The van der Waals surface area contributed by atoms with Crippen LogP contribution in [0.2, 0.25) is 0 Å². The van der Waals surface area contributed by atoms with Crippen LogP contribution >= 0.6 is 0 Å². The van der Waals surface area contributed by atoms with Crippen LogP contribution in [0.5, 0.6) is 0 Å². The van der Waals surface area contributed by atoms with E-state index in [1.165, 1.54) is 44.2 Å². The summed E-state index contributed by atoms with van der Waals surface area (Å²) in [6.45, 7) is 0. The van der Waals surface area contributed by atoms with Crippen LogP contribution in [0.25, 0.3) is 89.1 Å². The van der Waals surface area contributed by atoms with Crippen LogP contribution < -0.4 is 0 Å². The fourth-order valence-electron chi connectivity index (χ4n) is 9.90. The third-order valence-electron chi connectivity index (χ3n) is 12.7. The van der Waals surface area contributed by atoms with E-state index in [1.54, 1.807) is 0 Å². The molecule has 0 aliphatic heterocycles. The zero-order valence-electron chi connectivity index (χ0n) is 34.4. The van der Waals surface area contributed by atoms with E-state index in [0.717, 1.165) is 61.4 Å². The number of rotatable bonds is 7. The minimum Gasteiger partial charge on any atom is -0.248 e. The smallest absolute Gasteiger partial charge is 0.160 e.